The summed E-state index contributed by atoms with van der Waals surface area (Å²) in [6.45, 7) is 6.79. The number of nitrogens with one attached hydrogen (secondary N) is 3. The maximum atomic E-state index is 11.7. The number of nitrogens with zero attached hydrogens (tertiary/aromatic N) is 1. The number of pyridine rings is 1. The molecule has 1 aromatic rings. The van der Waals surface area contributed by atoms with Gasteiger partial charge in [-0.2, -0.15) is 0 Å². The van der Waals surface area contributed by atoms with Crippen LogP contribution in [0.2, 0.25) is 0 Å². The fourth-order valence-electron chi connectivity index (χ4n) is 3.70. The van der Waals surface area contributed by atoms with E-state index in [0.29, 0.717) is 17.2 Å². The van der Waals surface area contributed by atoms with Crippen LogP contribution in [0.1, 0.15) is 88.9 Å². The molecule has 0 bridgehead atoms. The number of aromatic nitrogens is 1. The Kier molecular flexibility index (Phi) is 33.1. The second kappa shape index (κ2) is 35.4. The van der Waals surface area contributed by atoms with E-state index in [0.717, 1.165) is 57.2 Å². The molecule has 1 rings (SSSR count). The molecule has 0 radical (unpaired) electrons. The molecule has 0 aliphatic heterocycles. The first kappa shape index (κ1) is 46.6. The highest BCUT2D eigenvalue weighted by Crippen LogP contribution is 2.25. The van der Waals surface area contributed by atoms with Gasteiger partial charge in [-0.1, -0.05) is 115 Å². The van der Waals surface area contributed by atoms with Crippen LogP contribution in [0.3, 0.4) is 0 Å². The Morgan fingerprint density at radius 3 is 1.82 bits per heavy atom. The molecule has 0 fully saturated rings. The van der Waals surface area contributed by atoms with Crippen LogP contribution in [0.5, 0.6) is 0 Å². The molecule has 11 heteroatoms. The van der Waals surface area contributed by atoms with Crippen molar-refractivity contribution in [2.24, 2.45) is 0 Å². The minimum absolute atomic E-state index is 0.0719. The average molecular weight is 729 g/mol. The van der Waals surface area contributed by atoms with Crippen molar-refractivity contribution in [1.82, 2.24) is 20.9 Å². The summed E-state index contributed by atoms with van der Waals surface area (Å²) in [6.07, 6.45) is 36.8. The lowest BCUT2D eigenvalue weighted by Gasteiger charge is -2.13. The second-order valence-corrected chi connectivity index (χ2v) is 14.2. The van der Waals surface area contributed by atoms with Gasteiger partial charge in [-0.15, -0.1) is 0 Å². The molecule has 3 amide bonds. The van der Waals surface area contributed by atoms with Crippen molar-refractivity contribution in [3.8, 4) is 0 Å². The van der Waals surface area contributed by atoms with Crippen LogP contribution < -0.4 is 16.0 Å². The maximum absolute atomic E-state index is 11.7. The lowest BCUT2D eigenvalue weighted by Crippen LogP contribution is -2.41. The number of carbonyl (C=O) groups is 3. The predicted octanol–water partition coefficient (Wildman–Crippen LogP) is 7.04. The Bertz CT molecular complexity index is 1180. The molecule has 1 aromatic heterocycles. The molecule has 0 aromatic carbocycles. The van der Waals surface area contributed by atoms with Crippen LogP contribution in [-0.4, -0.2) is 76.3 Å². The van der Waals surface area contributed by atoms with Crippen molar-refractivity contribution >= 4 is 39.3 Å². The van der Waals surface area contributed by atoms with Gasteiger partial charge in [0.25, 0.3) is 5.91 Å². The quantitative estimate of drug-likeness (QED) is 0.0389. The van der Waals surface area contributed by atoms with E-state index in [1.54, 1.807) is 18.3 Å². The van der Waals surface area contributed by atoms with Gasteiger partial charge in [0.2, 0.25) is 11.8 Å². The Labute approximate surface area is 308 Å². The topological polar surface area (TPSA) is 141 Å². The number of aliphatic hydroxyl groups is 2. The Morgan fingerprint density at radius 1 is 0.760 bits per heavy atom. The van der Waals surface area contributed by atoms with Crippen molar-refractivity contribution in [3.05, 3.63) is 103 Å². The van der Waals surface area contributed by atoms with Crippen LogP contribution in [0.15, 0.2) is 97.4 Å². The largest absolute Gasteiger partial charge is 0.394 e. The van der Waals surface area contributed by atoms with E-state index in [1.807, 2.05) is 21.6 Å². The van der Waals surface area contributed by atoms with Crippen molar-refractivity contribution in [1.29, 1.82) is 0 Å². The Balaban J connectivity index is 0.00000107. The lowest BCUT2D eigenvalue weighted by atomic mass is 10.2. The highest BCUT2D eigenvalue weighted by atomic mass is 33.1. The summed E-state index contributed by atoms with van der Waals surface area (Å²) in [4.78, 5) is 38.5. The van der Waals surface area contributed by atoms with Crippen LogP contribution in [0.25, 0.3) is 0 Å². The molecule has 1 heterocycles. The summed E-state index contributed by atoms with van der Waals surface area (Å²) in [7, 11) is 3.68. The fraction of sp³-hybridized carbons (Fsp3) is 0.487. The molecule has 0 saturated heterocycles. The third-order valence-corrected chi connectivity index (χ3v) is 9.22. The van der Waals surface area contributed by atoms with E-state index in [9.17, 15) is 14.4 Å². The molecule has 0 atom stereocenters. The minimum Gasteiger partial charge on any atom is -0.394 e. The molecule has 278 valence electrons. The van der Waals surface area contributed by atoms with Gasteiger partial charge in [0.15, 0.2) is 0 Å². The highest BCUT2D eigenvalue weighted by Gasteiger charge is 2.11. The van der Waals surface area contributed by atoms with Gasteiger partial charge in [-0.05, 0) is 57.1 Å². The van der Waals surface area contributed by atoms with Gasteiger partial charge in [0.1, 0.15) is 0 Å². The maximum Gasteiger partial charge on any atom is 0.252 e. The Morgan fingerprint density at radius 2 is 1.32 bits per heavy atom. The van der Waals surface area contributed by atoms with Crippen molar-refractivity contribution in [3.63, 3.8) is 0 Å². The average Bonchev–Trinajstić information content (AvgIpc) is 3.11. The standard InChI is InChI=1S/C27H43NOS2.C12H17N3O4/c1-4-5-6-7-8-9-10-11-12-13-14-15-16-17-18-19-20-21-22-23-27(29)28-24-25-30-31-26(2)3;16-7-10(8-17)15-11(18)3-5-14-12(19)9-2-1-4-13-6-9/h5-6,8-9,11-12,14-15,17-18,20-21,26H,4,7,10,13,16,19,22-25H2,1-3H3,(H,28,29);1-2,4,6,10,16-17H,3,5,7-8H2,(H,14,19)(H,15,18)/b6-5-,9-8-,12-11-,15-14-,18-17-,21-20-;. The zero-order chi connectivity index (χ0) is 36.9. The van der Waals surface area contributed by atoms with Gasteiger partial charge in [-0.25, -0.2) is 0 Å². The summed E-state index contributed by atoms with van der Waals surface area (Å²) in [5.41, 5.74) is 0.423. The summed E-state index contributed by atoms with van der Waals surface area (Å²) in [5.74, 6) is 0.463. The minimum atomic E-state index is -0.665. The first-order valence-electron chi connectivity index (χ1n) is 17.5. The first-order valence-corrected chi connectivity index (χ1v) is 19.9. The zero-order valence-electron chi connectivity index (χ0n) is 30.2. The predicted molar refractivity (Wildman–Crippen MR) is 213 cm³/mol. The van der Waals surface area contributed by atoms with Crippen molar-refractivity contribution in [2.45, 2.75) is 89.9 Å². The normalized spacial score (nSPS) is 11.9. The SMILES string of the molecule is CC/C=C\C/C=C\C/C=C\C/C=C\C/C=C\C/C=C\CCC(=O)NCCSSC(C)C.O=C(CCNC(=O)c1cccnc1)NC(CO)CO. The molecule has 0 unspecified atom stereocenters. The summed E-state index contributed by atoms with van der Waals surface area (Å²) in [5, 5.41) is 26.2. The van der Waals surface area contributed by atoms with Crippen molar-refractivity contribution in [2.75, 3.05) is 32.1 Å². The smallest absolute Gasteiger partial charge is 0.252 e. The number of carbonyl (C=O) groups excluding carboxylic acids is 3. The monoisotopic (exact) mass is 728 g/mol. The number of rotatable bonds is 26. The molecular weight excluding hydrogens is 669 g/mol. The number of aliphatic hydroxyl groups excluding tert-OH is 2. The number of amides is 3. The highest BCUT2D eigenvalue weighted by molar-refractivity contribution is 8.76. The van der Waals surface area contributed by atoms with Gasteiger partial charge in [0, 0.05) is 49.3 Å². The molecule has 0 aliphatic rings. The third-order valence-electron chi connectivity index (χ3n) is 6.27. The van der Waals surface area contributed by atoms with Crippen LogP contribution in [0, 0.1) is 0 Å². The number of allylic oxidation sites excluding steroid dienone is 12. The van der Waals surface area contributed by atoms with Gasteiger partial charge < -0.3 is 26.2 Å². The summed E-state index contributed by atoms with van der Waals surface area (Å²) >= 11 is 0. The van der Waals surface area contributed by atoms with Gasteiger partial charge >= 0.3 is 0 Å². The zero-order valence-corrected chi connectivity index (χ0v) is 31.8. The molecular formula is C39H60N4O5S2. The molecule has 0 aliphatic carbocycles. The Hall–Kier alpha value is -3.38. The molecule has 0 saturated carbocycles. The van der Waals surface area contributed by atoms with Gasteiger partial charge in [0.05, 0.1) is 24.8 Å². The van der Waals surface area contributed by atoms with E-state index in [-0.39, 0.29) is 43.9 Å². The van der Waals surface area contributed by atoms with E-state index >= 15 is 0 Å². The first-order chi connectivity index (χ1) is 24.3. The van der Waals surface area contributed by atoms with E-state index in [2.05, 4.69) is 115 Å². The fourth-order valence-corrected chi connectivity index (χ4v) is 5.61. The number of hydrogen-bond acceptors (Lipinski definition) is 8. The van der Waals surface area contributed by atoms with E-state index in [1.165, 1.54) is 6.20 Å². The molecule has 5 N–H and O–H groups in total. The van der Waals surface area contributed by atoms with E-state index in [4.69, 9.17) is 10.2 Å². The summed E-state index contributed by atoms with van der Waals surface area (Å²) < 4.78 is 0. The lowest BCUT2D eigenvalue weighted by molar-refractivity contribution is -0.122. The van der Waals surface area contributed by atoms with Crippen LogP contribution >= 0.6 is 21.6 Å². The molecule has 9 nitrogen and oxygen atoms in total. The third kappa shape index (κ3) is 31.9. The van der Waals surface area contributed by atoms with E-state index < -0.39 is 6.04 Å². The van der Waals surface area contributed by atoms with Gasteiger partial charge in [-0.3, -0.25) is 19.4 Å². The number of hydrogen-bond donors (Lipinski definition) is 5. The molecule has 0 spiro atoms. The molecule has 50 heavy (non-hydrogen) atoms. The van der Waals surface area contributed by atoms with Crippen LogP contribution in [0.4, 0.5) is 0 Å². The second-order valence-electron chi connectivity index (χ2n) is 11.1. The van der Waals surface area contributed by atoms with Crippen molar-refractivity contribution < 1.29 is 24.6 Å². The summed E-state index contributed by atoms with van der Waals surface area (Å²) in [6, 6.07) is 2.60. The van der Waals surface area contributed by atoms with Crippen LogP contribution in [-0.2, 0) is 9.59 Å².